The van der Waals surface area contributed by atoms with E-state index in [1.165, 1.54) is 11.4 Å². The SMILES string of the molecule is COc1ccc2cc1[C@@H](C)N1Cc3cc(ccc3OS1(=O)=O)OCCCCCCn1nnc3c(C)c(ccc31)[C@H]2CC(=O)O. The second-order valence-corrected chi connectivity index (χ2v) is 12.9. The number of aliphatic carboxylic acids is 1. The number of hydrogen-bond acceptors (Lipinski definition) is 8. The number of hydrogen-bond donors (Lipinski definition) is 1. The van der Waals surface area contributed by atoms with Crippen LogP contribution in [0.4, 0.5) is 0 Å². The summed E-state index contributed by atoms with van der Waals surface area (Å²) in [5.41, 5.74) is 5.35. The number of aromatic nitrogens is 3. The first-order chi connectivity index (χ1) is 21.2. The van der Waals surface area contributed by atoms with Crippen molar-refractivity contribution in [2.24, 2.45) is 0 Å². The Kier molecular flexibility index (Phi) is 8.21. The Bertz CT molecular complexity index is 1820. The molecule has 44 heavy (non-hydrogen) atoms. The molecule has 9 bridgehead atoms. The van der Waals surface area contributed by atoms with Crippen molar-refractivity contribution >= 4 is 27.3 Å². The van der Waals surface area contributed by atoms with Crippen LogP contribution in [0.5, 0.6) is 17.2 Å². The summed E-state index contributed by atoms with van der Waals surface area (Å²) in [6.45, 7) is 5.08. The van der Waals surface area contributed by atoms with Crippen molar-refractivity contribution in [3.63, 3.8) is 0 Å². The van der Waals surface area contributed by atoms with E-state index in [4.69, 9.17) is 13.7 Å². The van der Waals surface area contributed by atoms with E-state index in [-0.39, 0.29) is 18.7 Å². The van der Waals surface area contributed by atoms with Crippen LogP contribution < -0.4 is 13.7 Å². The lowest BCUT2D eigenvalue weighted by molar-refractivity contribution is -0.137. The summed E-state index contributed by atoms with van der Waals surface area (Å²) in [6, 6.07) is 13.8. The average Bonchev–Trinajstić information content (AvgIpc) is 3.41. The molecule has 0 aliphatic carbocycles. The monoisotopic (exact) mass is 620 g/mol. The smallest absolute Gasteiger partial charge is 0.386 e. The van der Waals surface area contributed by atoms with E-state index in [1.54, 1.807) is 25.1 Å². The van der Waals surface area contributed by atoms with Gasteiger partial charge in [0.25, 0.3) is 0 Å². The van der Waals surface area contributed by atoms with Crippen LogP contribution in [0.3, 0.4) is 0 Å². The number of fused-ring (bicyclic) bond motifs is 7. The third-order valence-corrected chi connectivity index (χ3v) is 10.1. The molecule has 11 nitrogen and oxygen atoms in total. The summed E-state index contributed by atoms with van der Waals surface area (Å²) < 4.78 is 47.2. The molecule has 3 aliphatic rings. The van der Waals surface area contributed by atoms with Gasteiger partial charge in [0.05, 0.1) is 31.7 Å². The molecular weight excluding hydrogens is 584 g/mol. The van der Waals surface area contributed by atoms with Crippen molar-refractivity contribution in [2.45, 2.75) is 71.0 Å². The predicted molar refractivity (Wildman–Crippen MR) is 163 cm³/mol. The van der Waals surface area contributed by atoms with Gasteiger partial charge in [-0.15, -0.1) is 5.10 Å². The molecule has 0 radical (unpaired) electrons. The number of ether oxygens (including phenoxy) is 2. The first kappa shape index (κ1) is 29.9. The molecule has 1 N–H and O–H groups in total. The zero-order chi connectivity index (χ0) is 31.0. The van der Waals surface area contributed by atoms with Gasteiger partial charge in [-0.25, -0.2) is 4.68 Å². The summed E-state index contributed by atoms with van der Waals surface area (Å²) in [5.74, 6) is -0.0601. The molecule has 4 aromatic rings. The van der Waals surface area contributed by atoms with E-state index in [2.05, 4.69) is 10.3 Å². The van der Waals surface area contributed by atoms with Gasteiger partial charge in [0.1, 0.15) is 22.8 Å². The standard InChI is InChI=1S/C32H36N4O7S/c1-20-25-10-11-28-32(20)33-34-35(28)14-6-4-5-7-15-42-24-9-13-29-23(16-24)19-36(44(39,40)43-29)21(2)26-17-22(8-12-30(26)41-3)27(25)18-31(37)38/h8-13,16-17,21,27H,4-7,14-15,18-19H2,1-3H3,(H,37,38)/t21-,27+/m1/s1. The van der Waals surface area contributed by atoms with Crippen LogP contribution in [0.25, 0.3) is 11.0 Å². The Balaban J connectivity index is 1.48. The highest BCUT2D eigenvalue weighted by Crippen LogP contribution is 2.41. The Hall–Kier alpha value is -4.16. The predicted octanol–water partition coefficient (Wildman–Crippen LogP) is 5.51. The molecule has 232 valence electrons. The Morgan fingerprint density at radius 3 is 2.68 bits per heavy atom. The highest BCUT2D eigenvalue weighted by molar-refractivity contribution is 7.84. The van der Waals surface area contributed by atoms with Gasteiger partial charge in [0.2, 0.25) is 0 Å². The third kappa shape index (κ3) is 5.71. The van der Waals surface area contributed by atoms with Gasteiger partial charge in [-0.05, 0) is 86.2 Å². The molecule has 1 unspecified atom stereocenters. The highest BCUT2D eigenvalue weighted by atomic mass is 32.2. The van der Waals surface area contributed by atoms with Crippen molar-refractivity contribution in [3.8, 4) is 17.2 Å². The lowest BCUT2D eigenvalue weighted by Gasteiger charge is -2.33. The molecule has 7 rings (SSSR count). The second-order valence-electron chi connectivity index (χ2n) is 11.4. The lowest BCUT2D eigenvalue weighted by atomic mass is 9.84. The van der Waals surface area contributed by atoms with Crippen LogP contribution in [0, 0.1) is 6.92 Å². The molecule has 3 aromatic carbocycles. The van der Waals surface area contributed by atoms with E-state index < -0.39 is 28.2 Å². The highest BCUT2D eigenvalue weighted by Gasteiger charge is 2.37. The maximum Gasteiger partial charge on any atom is 0.386 e. The minimum atomic E-state index is -4.15. The minimum Gasteiger partial charge on any atom is -0.496 e. The maximum absolute atomic E-state index is 13.4. The zero-order valence-electron chi connectivity index (χ0n) is 25.0. The van der Waals surface area contributed by atoms with Crippen molar-refractivity contribution in [1.29, 1.82) is 0 Å². The summed E-state index contributed by atoms with van der Waals surface area (Å²) in [5, 5.41) is 18.8. The van der Waals surface area contributed by atoms with Gasteiger partial charge in [-0.3, -0.25) is 4.79 Å². The molecule has 1 aromatic heterocycles. The molecule has 3 atom stereocenters. The summed E-state index contributed by atoms with van der Waals surface area (Å²) in [6.07, 6.45) is 3.65. The first-order valence-corrected chi connectivity index (χ1v) is 16.2. The van der Waals surface area contributed by atoms with Crippen LogP contribution in [0.15, 0.2) is 48.5 Å². The minimum absolute atomic E-state index is 0.0768. The maximum atomic E-state index is 13.4. The van der Waals surface area contributed by atoms with Gasteiger partial charge in [-0.1, -0.05) is 23.8 Å². The number of carboxylic acid groups (broad SMARTS) is 1. The fraction of sp³-hybridized carbons (Fsp3) is 0.406. The topological polar surface area (TPSA) is 133 Å². The second kappa shape index (κ2) is 12.1. The number of methoxy groups -OCH3 is 1. The van der Waals surface area contributed by atoms with E-state index >= 15 is 0 Å². The largest absolute Gasteiger partial charge is 0.496 e. The third-order valence-electron chi connectivity index (χ3n) is 8.65. The molecule has 12 heteroatoms. The number of rotatable bonds is 3. The Morgan fingerprint density at radius 1 is 1.07 bits per heavy atom. The van der Waals surface area contributed by atoms with Crippen LogP contribution in [-0.4, -0.2) is 52.5 Å². The lowest BCUT2D eigenvalue weighted by Crippen LogP contribution is -2.39. The van der Waals surface area contributed by atoms with E-state index in [1.807, 2.05) is 41.9 Å². The fourth-order valence-electron chi connectivity index (χ4n) is 6.26. The number of nitrogens with zero attached hydrogens (tertiary/aromatic N) is 4. The first-order valence-electron chi connectivity index (χ1n) is 14.9. The number of benzene rings is 3. The molecule has 0 saturated heterocycles. The quantitative estimate of drug-likeness (QED) is 0.315. The van der Waals surface area contributed by atoms with Crippen molar-refractivity contribution < 1.29 is 32.0 Å². The summed E-state index contributed by atoms with van der Waals surface area (Å²) in [7, 11) is -2.62. The normalized spacial score (nSPS) is 21.7. The van der Waals surface area contributed by atoms with Crippen LogP contribution >= 0.6 is 0 Å². The van der Waals surface area contributed by atoms with Gasteiger partial charge >= 0.3 is 16.3 Å². The van der Waals surface area contributed by atoms with Crippen LogP contribution in [0.1, 0.15) is 78.8 Å². The van der Waals surface area contributed by atoms with E-state index in [0.717, 1.165) is 60.0 Å². The Morgan fingerprint density at radius 2 is 1.89 bits per heavy atom. The van der Waals surface area contributed by atoms with Gasteiger partial charge in [0, 0.05) is 30.1 Å². The average molecular weight is 621 g/mol. The molecule has 0 fully saturated rings. The van der Waals surface area contributed by atoms with Crippen molar-refractivity contribution in [3.05, 3.63) is 76.3 Å². The summed E-state index contributed by atoms with van der Waals surface area (Å²) >= 11 is 0. The molecular formula is C32H36N4O7S. The van der Waals surface area contributed by atoms with Crippen LogP contribution in [-0.2, 0) is 28.2 Å². The zero-order valence-corrected chi connectivity index (χ0v) is 25.8. The number of carbonyl (C=O) groups is 1. The van der Waals surface area contributed by atoms with Crippen molar-refractivity contribution in [2.75, 3.05) is 13.7 Å². The van der Waals surface area contributed by atoms with E-state index in [9.17, 15) is 18.3 Å². The van der Waals surface area contributed by atoms with Gasteiger partial charge in [0.15, 0.2) is 0 Å². The van der Waals surface area contributed by atoms with Crippen LogP contribution in [0.2, 0.25) is 0 Å². The van der Waals surface area contributed by atoms with E-state index in [0.29, 0.717) is 29.2 Å². The molecule has 3 aliphatic heterocycles. The van der Waals surface area contributed by atoms with Crippen molar-refractivity contribution in [1.82, 2.24) is 19.3 Å². The Labute approximate surface area is 256 Å². The van der Waals surface area contributed by atoms with Gasteiger partial charge in [-0.2, -0.15) is 12.7 Å². The van der Waals surface area contributed by atoms with Gasteiger partial charge < -0.3 is 18.8 Å². The molecule has 0 spiro atoms. The number of carboxylic acids is 1. The molecule has 0 amide bonds. The summed E-state index contributed by atoms with van der Waals surface area (Å²) in [4.78, 5) is 12.2. The molecule has 0 saturated carbocycles. The number of aryl methyl sites for hydroxylation is 2. The fourth-order valence-corrected chi connectivity index (χ4v) is 7.54. The molecule has 4 heterocycles.